The average molecular weight is 517 g/mol. The maximum absolute atomic E-state index is 11.9. The monoisotopic (exact) mass is 516 g/mol. The maximum Gasteiger partial charge on any atom is 0.173 e. The minimum Gasteiger partial charge on any atom is -0.294 e. The highest BCUT2D eigenvalue weighted by molar-refractivity contribution is 7.12. The molecule has 0 aliphatic rings. The van der Waals surface area contributed by atoms with Gasteiger partial charge in [-0.1, -0.05) is 71.8 Å². The molecule has 0 bridgehead atoms. The molecule has 0 radical (unpaired) electrons. The molecule has 0 saturated carbocycles. The highest BCUT2D eigenvalue weighted by atomic mass is 32.1. The van der Waals surface area contributed by atoms with Crippen LogP contribution in [0.1, 0.15) is 76.9 Å². The van der Waals surface area contributed by atoms with Gasteiger partial charge < -0.3 is 0 Å². The van der Waals surface area contributed by atoms with E-state index in [2.05, 4.69) is 0 Å². The molecule has 184 valence electrons. The molecule has 4 nitrogen and oxygen atoms in total. The van der Waals surface area contributed by atoms with Gasteiger partial charge in [0, 0.05) is 36.8 Å². The summed E-state index contributed by atoms with van der Waals surface area (Å²) < 4.78 is 0. The van der Waals surface area contributed by atoms with Gasteiger partial charge in [0.2, 0.25) is 0 Å². The molecular weight excluding hydrogens is 488 g/mol. The smallest absolute Gasteiger partial charge is 0.173 e. The quantitative estimate of drug-likeness (QED) is 0.202. The van der Waals surface area contributed by atoms with Crippen molar-refractivity contribution < 1.29 is 19.2 Å². The van der Waals surface area contributed by atoms with Gasteiger partial charge in [-0.15, -0.1) is 22.7 Å². The van der Waals surface area contributed by atoms with Crippen molar-refractivity contribution in [2.45, 2.75) is 39.5 Å². The Morgan fingerprint density at radius 1 is 0.500 bits per heavy atom. The number of carbonyl (C=O) groups is 4. The van der Waals surface area contributed by atoms with Crippen LogP contribution in [0.15, 0.2) is 83.6 Å². The lowest BCUT2D eigenvalue weighted by Gasteiger charge is -2.01. The lowest BCUT2D eigenvalue weighted by molar-refractivity contribution is 0.0919. The predicted octanol–water partition coefficient (Wildman–Crippen LogP) is 7.80. The second-order valence-corrected chi connectivity index (χ2v) is 10.3. The van der Waals surface area contributed by atoms with Gasteiger partial charge in [-0.3, -0.25) is 19.2 Å². The molecular formula is C30H28O4S2. The molecule has 4 rings (SSSR count). The maximum atomic E-state index is 11.9. The Morgan fingerprint density at radius 3 is 1.14 bits per heavy atom. The van der Waals surface area contributed by atoms with Crippen molar-refractivity contribution >= 4 is 45.8 Å². The number of hydrogen-bond acceptors (Lipinski definition) is 6. The number of aryl methyl sites for hydroxylation is 2. The van der Waals surface area contributed by atoms with Gasteiger partial charge in [0.1, 0.15) is 0 Å². The number of Topliss-reactive ketones (excluding diaryl/α,β-unsaturated/α-hetero) is 4. The zero-order chi connectivity index (χ0) is 25.9. The number of benzene rings is 2. The number of carbonyl (C=O) groups excluding carboxylic acids is 4. The molecule has 0 unspecified atom stereocenters. The second-order valence-electron chi connectivity index (χ2n) is 8.38. The van der Waals surface area contributed by atoms with E-state index in [0.29, 0.717) is 11.1 Å². The first kappa shape index (κ1) is 27.1. The summed E-state index contributed by atoms with van der Waals surface area (Å²) in [5, 5.41) is 3.74. The van der Waals surface area contributed by atoms with E-state index in [1.54, 1.807) is 12.1 Å². The number of thiophene rings is 2. The van der Waals surface area contributed by atoms with Gasteiger partial charge in [-0.25, -0.2) is 0 Å². The van der Waals surface area contributed by atoms with Crippen LogP contribution in [0.4, 0.5) is 0 Å². The van der Waals surface area contributed by atoms with E-state index in [-0.39, 0.29) is 48.8 Å². The minimum atomic E-state index is 0.0277. The van der Waals surface area contributed by atoms with Gasteiger partial charge in [-0.2, -0.15) is 0 Å². The van der Waals surface area contributed by atoms with E-state index in [1.807, 2.05) is 85.3 Å². The van der Waals surface area contributed by atoms with Gasteiger partial charge in [-0.05, 0) is 36.7 Å². The number of rotatable bonds is 10. The third-order valence-electron chi connectivity index (χ3n) is 5.50. The highest BCUT2D eigenvalue weighted by Gasteiger charge is 2.12. The Labute approximate surface area is 219 Å². The minimum absolute atomic E-state index is 0.0277. The summed E-state index contributed by atoms with van der Waals surface area (Å²) in [6, 6.07) is 22.2. The number of ketones is 4. The fraction of sp³-hybridized carbons (Fsp3) is 0.200. The van der Waals surface area contributed by atoms with Gasteiger partial charge in [0.05, 0.1) is 9.75 Å². The molecule has 0 fully saturated rings. The molecule has 2 heterocycles. The summed E-state index contributed by atoms with van der Waals surface area (Å²) in [4.78, 5) is 48.7. The molecule has 0 spiro atoms. The topological polar surface area (TPSA) is 68.3 Å². The molecule has 6 heteroatoms. The van der Waals surface area contributed by atoms with Crippen molar-refractivity contribution in [1.29, 1.82) is 0 Å². The van der Waals surface area contributed by atoms with Crippen LogP contribution in [-0.4, -0.2) is 23.1 Å². The molecule has 2 aromatic heterocycles. The molecule has 0 aliphatic heterocycles. The van der Waals surface area contributed by atoms with Crippen LogP contribution < -0.4 is 0 Å². The fourth-order valence-corrected chi connectivity index (χ4v) is 4.73. The number of hydrogen-bond donors (Lipinski definition) is 0. The molecule has 4 aromatic rings. The lowest BCUT2D eigenvalue weighted by atomic mass is 10.0. The van der Waals surface area contributed by atoms with Crippen LogP contribution in [0.25, 0.3) is 0 Å². The van der Waals surface area contributed by atoms with Crippen LogP contribution >= 0.6 is 22.7 Å². The first-order valence-corrected chi connectivity index (χ1v) is 13.4. The summed E-state index contributed by atoms with van der Waals surface area (Å²) in [5.74, 6) is 0.149. The summed E-state index contributed by atoms with van der Waals surface area (Å²) in [6.45, 7) is 3.96. The summed E-state index contributed by atoms with van der Waals surface area (Å²) in [5.41, 5.74) is 3.61. The molecule has 0 atom stereocenters. The first-order valence-electron chi connectivity index (χ1n) is 11.7. The van der Waals surface area contributed by atoms with Crippen molar-refractivity contribution in [3.05, 3.63) is 116 Å². The standard InChI is InChI=1S/2C15H14O2S/c2*1-11-4-6-12(7-5-11)13(16)8-9-14(17)15-3-2-10-18-15/h2*2-7,10H,8-9H2,1H3. The molecule has 2 aromatic carbocycles. The lowest BCUT2D eigenvalue weighted by Crippen LogP contribution is -2.04. The average Bonchev–Trinajstić information content (AvgIpc) is 3.62. The van der Waals surface area contributed by atoms with E-state index in [1.165, 1.54) is 22.7 Å². The van der Waals surface area contributed by atoms with Gasteiger partial charge >= 0.3 is 0 Å². The third-order valence-corrected chi connectivity index (χ3v) is 7.32. The molecule has 0 saturated heterocycles. The Hall–Kier alpha value is -3.48. The fourth-order valence-electron chi connectivity index (χ4n) is 3.34. The largest absolute Gasteiger partial charge is 0.294 e. The van der Waals surface area contributed by atoms with Crippen molar-refractivity contribution in [1.82, 2.24) is 0 Å². The Kier molecular flexibility index (Phi) is 10.2. The Balaban J connectivity index is 0.000000201. The Bertz CT molecular complexity index is 1180. The molecule has 0 N–H and O–H groups in total. The zero-order valence-corrected chi connectivity index (χ0v) is 22.0. The third kappa shape index (κ3) is 8.33. The van der Waals surface area contributed by atoms with Crippen molar-refractivity contribution in [2.75, 3.05) is 0 Å². The SMILES string of the molecule is Cc1ccc(C(=O)CCC(=O)c2cccs2)cc1.Cc1ccc(C(=O)CCC(=O)c2cccs2)cc1. The van der Waals surface area contributed by atoms with Crippen LogP contribution in [0.3, 0.4) is 0 Å². The van der Waals surface area contributed by atoms with Crippen molar-refractivity contribution in [3.63, 3.8) is 0 Å². The highest BCUT2D eigenvalue weighted by Crippen LogP contribution is 2.15. The van der Waals surface area contributed by atoms with E-state index in [0.717, 1.165) is 20.9 Å². The van der Waals surface area contributed by atoms with E-state index in [9.17, 15) is 19.2 Å². The van der Waals surface area contributed by atoms with E-state index < -0.39 is 0 Å². The van der Waals surface area contributed by atoms with E-state index >= 15 is 0 Å². The molecule has 36 heavy (non-hydrogen) atoms. The van der Waals surface area contributed by atoms with Crippen LogP contribution in [0, 0.1) is 13.8 Å². The normalized spacial score (nSPS) is 10.3. The van der Waals surface area contributed by atoms with Crippen LogP contribution in [-0.2, 0) is 0 Å². The van der Waals surface area contributed by atoms with Gasteiger partial charge in [0.15, 0.2) is 23.1 Å². The first-order chi connectivity index (χ1) is 17.3. The van der Waals surface area contributed by atoms with Gasteiger partial charge in [0.25, 0.3) is 0 Å². The molecule has 0 aliphatic carbocycles. The van der Waals surface area contributed by atoms with Crippen molar-refractivity contribution in [3.8, 4) is 0 Å². The summed E-state index contributed by atoms with van der Waals surface area (Å²) in [7, 11) is 0. The van der Waals surface area contributed by atoms with E-state index in [4.69, 9.17) is 0 Å². The summed E-state index contributed by atoms with van der Waals surface area (Å²) >= 11 is 2.84. The Morgan fingerprint density at radius 2 is 0.833 bits per heavy atom. The molecule has 0 amide bonds. The van der Waals surface area contributed by atoms with Crippen LogP contribution in [0.2, 0.25) is 0 Å². The predicted molar refractivity (Wildman–Crippen MR) is 147 cm³/mol. The van der Waals surface area contributed by atoms with Crippen molar-refractivity contribution in [2.24, 2.45) is 0 Å². The van der Waals surface area contributed by atoms with Crippen LogP contribution in [0.5, 0.6) is 0 Å². The second kappa shape index (κ2) is 13.6. The summed E-state index contributed by atoms with van der Waals surface area (Å²) in [6.07, 6.45) is 1.13. The zero-order valence-electron chi connectivity index (χ0n) is 20.4.